The van der Waals surface area contributed by atoms with Gasteiger partial charge in [-0.05, 0) is 43.9 Å². The second-order valence-corrected chi connectivity index (χ2v) is 6.07. The van der Waals surface area contributed by atoms with Crippen LogP contribution in [0, 0.1) is 5.82 Å². The molecular formula is C21H24FNO5. The van der Waals surface area contributed by atoms with Gasteiger partial charge in [0, 0.05) is 25.1 Å². The molecule has 2 aromatic carbocycles. The molecule has 0 saturated heterocycles. The van der Waals surface area contributed by atoms with Crippen molar-refractivity contribution in [3.8, 4) is 5.75 Å². The minimum Gasteiger partial charge on any atom is -0.486 e. The lowest BCUT2D eigenvalue weighted by Crippen LogP contribution is -2.18. The molecule has 0 fully saturated rings. The molecule has 0 saturated carbocycles. The first kappa shape index (κ1) is 22.9. The number of ether oxygens (including phenoxy) is 1. The molecule has 7 heteroatoms. The Hall–Kier alpha value is -3.19. The van der Waals surface area contributed by atoms with Crippen LogP contribution >= 0.6 is 0 Å². The number of benzene rings is 2. The second-order valence-electron chi connectivity index (χ2n) is 6.07. The summed E-state index contributed by atoms with van der Waals surface area (Å²) in [6.07, 6.45) is 1.98. The topological polar surface area (TPSA) is 87.1 Å². The number of carboxylic acids is 2. The van der Waals surface area contributed by atoms with Crippen LogP contribution in [0.25, 0.3) is 0 Å². The Morgan fingerprint density at radius 3 is 2.00 bits per heavy atom. The molecule has 0 aromatic heterocycles. The van der Waals surface area contributed by atoms with E-state index in [4.69, 9.17) is 14.9 Å². The van der Waals surface area contributed by atoms with Crippen LogP contribution in [0.3, 0.4) is 0 Å². The fourth-order valence-corrected chi connectivity index (χ4v) is 2.16. The lowest BCUT2D eigenvalue weighted by molar-refractivity contribution is -0.134. The Kier molecular flexibility index (Phi) is 9.99. The number of hydrogen-bond donors (Lipinski definition) is 2. The van der Waals surface area contributed by atoms with Crippen molar-refractivity contribution in [3.05, 3.63) is 78.1 Å². The van der Waals surface area contributed by atoms with Gasteiger partial charge in [0.15, 0.2) is 0 Å². The smallest absolute Gasteiger partial charge is 0.328 e. The largest absolute Gasteiger partial charge is 0.486 e. The molecule has 2 N–H and O–H groups in total. The van der Waals surface area contributed by atoms with Gasteiger partial charge in [0.2, 0.25) is 0 Å². The molecule has 2 rings (SSSR count). The SMILES string of the molecule is CN(C)CCC(Oc1ccc(F)cc1)c1ccccc1.O=C(O)/C=C\C(=O)O. The fraction of sp³-hybridized carbons (Fsp3) is 0.238. The Labute approximate surface area is 163 Å². The number of hydrogen-bond acceptors (Lipinski definition) is 4. The van der Waals surface area contributed by atoms with E-state index in [0.29, 0.717) is 17.9 Å². The summed E-state index contributed by atoms with van der Waals surface area (Å²) in [4.78, 5) is 21.2. The highest BCUT2D eigenvalue weighted by Gasteiger charge is 2.13. The van der Waals surface area contributed by atoms with Crippen molar-refractivity contribution >= 4 is 11.9 Å². The van der Waals surface area contributed by atoms with Crippen LogP contribution in [-0.2, 0) is 9.59 Å². The molecule has 1 atom stereocenters. The number of nitrogens with zero attached hydrogens (tertiary/aromatic N) is 1. The van der Waals surface area contributed by atoms with Gasteiger partial charge < -0.3 is 19.8 Å². The third-order valence-corrected chi connectivity index (χ3v) is 3.47. The third kappa shape index (κ3) is 10.1. The predicted octanol–water partition coefficient (Wildman–Crippen LogP) is 3.61. The van der Waals surface area contributed by atoms with Crippen LogP contribution in [0.2, 0.25) is 0 Å². The van der Waals surface area contributed by atoms with Crippen LogP contribution in [0.5, 0.6) is 5.75 Å². The van der Waals surface area contributed by atoms with E-state index in [0.717, 1.165) is 18.5 Å². The highest BCUT2D eigenvalue weighted by molar-refractivity contribution is 5.89. The van der Waals surface area contributed by atoms with Crippen molar-refractivity contribution in [1.82, 2.24) is 4.90 Å². The van der Waals surface area contributed by atoms with E-state index in [1.165, 1.54) is 12.1 Å². The highest BCUT2D eigenvalue weighted by atomic mass is 19.1. The van der Waals surface area contributed by atoms with Gasteiger partial charge in [-0.25, -0.2) is 14.0 Å². The van der Waals surface area contributed by atoms with Crippen molar-refractivity contribution in [3.63, 3.8) is 0 Å². The maximum atomic E-state index is 12.9. The first-order valence-electron chi connectivity index (χ1n) is 8.53. The van der Waals surface area contributed by atoms with Crippen molar-refractivity contribution < 1.29 is 28.9 Å². The number of aliphatic carboxylic acids is 2. The summed E-state index contributed by atoms with van der Waals surface area (Å²) in [5.74, 6) is -2.07. The summed E-state index contributed by atoms with van der Waals surface area (Å²) in [5, 5.41) is 15.6. The highest BCUT2D eigenvalue weighted by Crippen LogP contribution is 2.25. The first-order chi connectivity index (χ1) is 13.3. The van der Waals surface area contributed by atoms with E-state index >= 15 is 0 Å². The summed E-state index contributed by atoms with van der Waals surface area (Å²) in [6.45, 7) is 0.931. The standard InChI is InChI=1S/C17H20FNO.C4H4O4/c1-19(2)13-12-17(14-6-4-3-5-7-14)20-16-10-8-15(18)9-11-16;5-3(6)1-2-4(7)8/h3-11,17H,12-13H2,1-2H3;1-2H,(H,5,6)(H,7,8)/b;2-1-. The lowest BCUT2D eigenvalue weighted by atomic mass is 10.1. The van der Waals surface area contributed by atoms with Gasteiger partial charge in [-0.15, -0.1) is 0 Å². The van der Waals surface area contributed by atoms with Crippen LogP contribution in [0.1, 0.15) is 18.1 Å². The molecule has 0 aliphatic heterocycles. The third-order valence-electron chi connectivity index (χ3n) is 3.47. The monoisotopic (exact) mass is 389 g/mol. The number of rotatable bonds is 8. The van der Waals surface area contributed by atoms with E-state index in [1.54, 1.807) is 12.1 Å². The quantitative estimate of drug-likeness (QED) is 0.671. The zero-order chi connectivity index (χ0) is 20.9. The van der Waals surface area contributed by atoms with Crippen molar-refractivity contribution in [2.45, 2.75) is 12.5 Å². The van der Waals surface area contributed by atoms with Crippen molar-refractivity contribution in [2.75, 3.05) is 20.6 Å². The summed E-state index contributed by atoms with van der Waals surface area (Å²) < 4.78 is 19.0. The lowest BCUT2D eigenvalue weighted by Gasteiger charge is -2.21. The maximum Gasteiger partial charge on any atom is 0.328 e. The fourth-order valence-electron chi connectivity index (χ4n) is 2.16. The average Bonchev–Trinajstić information content (AvgIpc) is 2.66. The number of carboxylic acid groups (broad SMARTS) is 2. The molecular weight excluding hydrogens is 365 g/mol. The van der Waals surface area contributed by atoms with Gasteiger partial charge in [-0.3, -0.25) is 0 Å². The summed E-state index contributed by atoms with van der Waals surface area (Å²) in [7, 11) is 4.08. The summed E-state index contributed by atoms with van der Waals surface area (Å²) in [5.41, 5.74) is 1.14. The zero-order valence-electron chi connectivity index (χ0n) is 15.8. The van der Waals surface area contributed by atoms with Crippen molar-refractivity contribution in [1.29, 1.82) is 0 Å². The van der Waals surface area contributed by atoms with E-state index in [-0.39, 0.29) is 11.9 Å². The normalized spacial score (nSPS) is 11.6. The van der Waals surface area contributed by atoms with Crippen LogP contribution in [0.15, 0.2) is 66.7 Å². The van der Waals surface area contributed by atoms with Gasteiger partial charge in [-0.1, -0.05) is 30.3 Å². The van der Waals surface area contributed by atoms with Gasteiger partial charge in [0.05, 0.1) is 0 Å². The van der Waals surface area contributed by atoms with E-state index in [1.807, 2.05) is 32.3 Å². The van der Waals surface area contributed by atoms with E-state index in [2.05, 4.69) is 17.0 Å². The molecule has 0 aliphatic carbocycles. The number of carbonyl (C=O) groups is 2. The van der Waals surface area contributed by atoms with Gasteiger partial charge >= 0.3 is 11.9 Å². The molecule has 150 valence electrons. The Balaban J connectivity index is 0.000000416. The van der Waals surface area contributed by atoms with Crippen molar-refractivity contribution in [2.24, 2.45) is 0 Å². The van der Waals surface area contributed by atoms with Crippen LogP contribution in [-0.4, -0.2) is 47.7 Å². The minimum atomic E-state index is -1.26. The molecule has 28 heavy (non-hydrogen) atoms. The molecule has 6 nitrogen and oxygen atoms in total. The average molecular weight is 389 g/mol. The molecule has 0 radical (unpaired) electrons. The van der Waals surface area contributed by atoms with Gasteiger partial charge in [-0.2, -0.15) is 0 Å². The molecule has 0 bridgehead atoms. The predicted molar refractivity (Wildman–Crippen MR) is 104 cm³/mol. The van der Waals surface area contributed by atoms with Crippen LogP contribution < -0.4 is 4.74 Å². The summed E-state index contributed by atoms with van der Waals surface area (Å²) in [6, 6.07) is 16.3. The molecule has 0 spiro atoms. The van der Waals surface area contributed by atoms with Crippen LogP contribution in [0.4, 0.5) is 4.39 Å². The molecule has 0 aliphatic rings. The van der Waals surface area contributed by atoms with E-state index in [9.17, 15) is 14.0 Å². The molecule has 2 aromatic rings. The zero-order valence-corrected chi connectivity index (χ0v) is 15.8. The maximum absolute atomic E-state index is 12.9. The molecule has 0 amide bonds. The van der Waals surface area contributed by atoms with Gasteiger partial charge in [0.1, 0.15) is 17.7 Å². The minimum absolute atomic E-state index is 0.0240. The Morgan fingerprint density at radius 2 is 1.54 bits per heavy atom. The Morgan fingerprint density at radius 1 is 1.00 bits per heavy atom. The van der Waals surface area contributed by atoms with Gasteiger partial charge in [0.25, 0.3) is 0 Å². The second kappa shape index (κ2) is 12.2. The number of halogens is 1. The molecule has 1 unspecified atom stereocenters. The first-order valence-corrected chi connectivity index (χ1v) is 8.53. The summed E-state index contributed by atoms with van der Waals surface area (Å²) >= 11 is 0. The van der Waals surface area contributed by atoms with E-state index < -0.39 is 11.9 Å². The Bertz CT molecular complexity index is 744. The molecule has 0 heterocycles.